The van der Waals surface area contributed by atoms with E-state index in [2.05, 4.69) is 5.32 Å². The molecule has 0 saturated carbocycles. The van der Waals surface area contributed by atoms with Crippen molar-refractivity contribution in [1.29, 1.82) is 0 Å². The highest BCUT2D eigenvalue weighted by Crippen LogP contribution is 2.47. The molecule has 2 aliphatic rings. The lowest BCUT2D eigenvalue weighted by Crippen LogP contribution is -2.38. The smallest absolute Gasteiger partial charge is 0.227 e. The number of nitrogens with one attached hydrogen (secondary N) is 1. The van der Waals surface area contributed by atoms with Crippen LogP contribution >= 0.6 is 0 Å². The number of hydrogen-bond donors (Lipinski definition) is 1. The summed E-state index contributed by atoms with van der Waals surface area (Å²) in [5, 5.41) is 3.47. The maximum atomic E-state index is 14.6. The molecular formula is C29H27FN2O2. The SMILES string of the molecule is CCC(=O)N1c2ccccc2NC2=C(C(=O)C[C@@H](c3ccccc3F)C2)[C@@H]1c1ccc(C)cc1. The Hall–Kier alpha value is -3.73. The Morgan fingerprint density at radius 3 is 2.44 bits per heavy atom. The van der Waals surface area contributed by atoms with Crippen molar-refractivity contribution in [2.45, 2.75) is 45.1 Å². The van der Waals surface area contributed by atoms with Gasteiger partial charge in [0.05, 0.1) is 17.4 Å². The largest absolute Gasteiger partial charge is 0.357 e. The van der Waals surface area contributed by atoms with Crippen LogP contribution in [0.2, 0.25) is 0 Å². The Bertz CT molecular complexity index is 1300. The summed E-state index contributed by atoms with van der Waals surface area (Å²) in [6.07, 6.45) is 1.01. The minimum absolute atomic E-state index is 0.0578. The number of ketones is 1. The average molecular weight is 455 g/mol. The van der Waals surface area contributed by atoms with E-state index in [-0.39, 0.29) is 29.8 Å². The molecule has 0 saturated heterocycles. The number of para-hydroxylation sites is 2. The van der Waals surface area contributed by atoms with Gasteiger partial charge in [-0.2, -0.15) is 0 Å². The van der Waals surface area contributed by atoms with E-state index < -0.39 is 6.04 Å². The van der Waals surface area contributed by atoms with Crippen molar-refractivity contribution in [3.63, 3.8) is 0 Å². The van der Waals surface area contributed by atoms with Crippen molar-refractivity contribution in [3.05, 3.63) is 107 Å². The van der Waals surface area contributed by atoms with E-state index in [1.54, 1.807) is 23.1 Å². The number of anilines is 2. The Balaban J connectivity index is 1.71. The van der Waals surface area contributed by atoms with Crippen LogP contribution in [-0.4, -0.2) is 11.7 Å². The molecule has 0 unspecified atom stereocenters. The van der Waals surface area contributed by atoms with Crippen molar-refractivity contribution >= 4 is 23.1 Å². The topological polar surface area (TPSA) is 49.4 Å². The van der Waals surface area contributed by atoms with Crippen molar-refractivity contribution in [1.82, 2.24) is 0 Å². The van der Waals surface area contributed by atoms with Crippen LogP contribution < -0.4 is 10.2 Å². The normalized spacial score (nSPS) is 19.7. The highest BCUT2D eigenvalue weighted by Gasteiger charge is 2.41. The second-order valence-corrected chi connectivity index (χ2v) is 9.01. The molecule has 5 rings (SSSR count). The number of nitrogens with zero attached hydrogens (tertiary/aromatic N) is 1. The van der Waals surface area contributed by atoms with Gasteiger partial charge < -0.3 is 5.32 Å². The van der Waals surface area contributed by atoms with Crippen LogP contribution in [0.1, 0.15) is 54.8 Å². The van der Waals surface area contributed by atoms with Crippen LogP contribution in [-0.2, 0) is 9.59 Å². The van der Waals surface area contributed by atoms with Gasteiger partial charge in [-0.05, 0) is 48.6 Å². The molecule has 5 heteroatoms. The first-order chi connectivity index (χ1) is 16.5. The van der Waals surface area contributed by atoms with Crippen LogP contribution in [0.25, 0.3) is 0 Å². The molecule has 1 amide bonds. The minimum atomic E-state index is -0.548. The maximum absolute atomic E-state index is 14.6. The first kappa shape index (κ1) is 22.1. The molecule has 172 valence electrons. The van der Waals surface area contributed by atoms with Gasteiger partial charge in [-0.25, -0.2) is 4.39 Å². The predicted molar refractivity (Wildman–Crippen MR) is 132 cm³/mol. The molecule has 3 aromatic carbocycles. The molecule has 0 aromatic heterocycles. The zero-order valence-corrected chi connectivity index (χ0v) is 19.3. The number of benzene rings is 3. The van der Waals surface area contributed by atoms with Crippen LogP contribution in [0.3, 0.4) is 0 Å². The summed E-state index contributed by atoms with van der Waals surface area (Å²) >= 11 is 0. The lowest BCUT2D eigenvalue weighted by molar-refractivity contribution is -0.119. The molecule has 0 fully saturated rings. The monoisotopic (exact) mass is 454 g/mol. The fourth-order valence-electron chi connectivity index (χ4n) is 5.13. The van der Waals surface area contributed by atoms with E-state index in [9.17, 15) is 14.0 Å². The number of allylic oxidation sites excluding steroid dienone is 1. The number of halogens is 1. The van der Waals surface area contributed by atoms with Crippen LogP contribution in [0.4, 0.5) is 15.8 Å². The first-order valence-corrected chi connectivity index (χ1v) is 11.7. The Morgan fingerprint density at radius 2 is 1.71 bits per heavy atom. The van der Waals surface area contributed by atoms with Gasteiger partial charge in [-0.3, -0.25) is 14.5 Å². The van der Waals surface area contributed by atoms with Crippen LogP contribution in [0.15, 0.2) is 84.1 Å². The molecule has 4 nitrogen and oxygen atoms in total. The van der Waals surface area contributed by atoms with Gasteiger partial charge in [0.1, 0.15) is 5.82 Å². The molecule has 3 aromatic rings. The van der Waals surface area contributed by atoms with Crippen molar-refractivity contribution in [2.75, 3.05) is 10.2 Å². The molecular weight excluding hydrogens is 427 g/mol. The lowest BCUT2D eigenvalue weighted by Gasteiger charge is -2.35. The Morgan fingerprint density at radius 1 is 1.00 bits per heavy atom. The van der Waals surface area contributed by atoms with Gasteiger partial charge >= 0.3 is 0 Å². The van der Waals surface area contributed by atoms with Crippen molar-refractivity contribution in [2.24, 2.45) is 0 Å². The average Bonchev–Trinajstić information content (AvgIpc) is 2.99. The second-order valence-electron chi connectivity index (χ2n) is 9.01. The van der Waals surface area contributed by atoms with Gasteiger partial charge in [-0.1, -0.05) is 67.1 Å². The lowest BCUT2D eigenvalue weighted by atomic mass is 9.78. The number of fused-ring (bicyclic) bond motifs is 1. The quantitative estimate of drug-likeness (QED) is 0.495. The summed E-state index contributed by atoms with van der Waals surface area (Å²) in [5.41, 5.74) is 5.40. The van der Waals surface area contributed by atoms with E-state index >= 15 is 0 Å². The summed E-state index contributed by atoms with van der Waals surface area (Å²) in [6, 6.07) is 21.7. The standard InChI is InChI=1S/C29H27FN2O2/c1-3-27(34)32-25-11-7-6-10-23(25)31-24-16-20(21-8-4-5-9-22(21)30)17-26(33)28(24)29(32)19-14-12-18(2)13-15-19/h4-15,20,29,31H,3,16-17H2,1-2H3/t20-,29-/m0/s1. The molecule has 1 N–H and O–H groups in total. The van der Waals surface area contributed by atoms with Gasteiger partial charge in [-0.15, -0.1) is 0 Å². The number of carbonyl (C=O) groups excluding carboxylic acids is 2. The highest BCUT2D eigenvalue weighted by molar-refractivity contribution is 6.06. The number of amides is 1. The van der Waals surface area contributed by atoms with Crippen molar-refractivity contribution < 1.29 is 14.0 Å². The van der Waals surface area contributed by atoms with Gasteiger partial charge in [0, 0.05) is 24.1 Å². The number of hydrogen-bond acceptors (Lipinski definition) is 3. The Labute approximate surface area is 199 Å². The fraction of sp³-hybridized carbons (Fsp3) is 0.241. The first-order valence-electron chi connectivity index (χ1n) is 11.7. The van der Waals surface area contributed by atoms with Gasteiger partial charge in [0.2, 0.25) is 5.91 Å². The molecule has 34 heavy (non-hydrogen) atoms. The third-order valence-corrected chi connectivity index (χ3v) is 6.80. The number of carbonyl (C=O) groups is 2. The summed E-state index contributed by atoms with van der Waals surface area (Å²) < 4.78 is 14.6. The number of rotatable bonds is 3. The maximum Gasteiger partial charge on any atom is 0.227 e. The van der Waals surface area contributed by atoms with Gasteiger partial charge in [0.15, 0.2) is 5.78 Å². The van der Waals surface area contributed by atoms with E-state index in [0.29, 0.717) is 24.0 Å². The van der Waals surface area contributed by atoms with Crippen LogP contribution in [0, 0.1) is 12.7 Å². The molecule has 0 bridgehead atoms. The zero-order chi connectivity index (χ0) is 23.8. The molecule has 1 aliphatic heterocycles. The summed E-state index contributed by atoms with van der Waals surface area (Å²) in [6.45, 7) is 3.85. The third kappa shape index (κ3) is 3.81. The van der Waals surface area contributed by atoms with E-state index in [1.807, 2.05) is 62.4 Å². The number of aryl methyl sites for hydroxylation is 1. The van der Waals surface area contributed by atoms with Gasteiger partial charge in [0.25, 0.3) is 0 Å². The summed E-state index contributed by atoms with van der Waals surface area (Å²) in [4.78, 5) is 28.9. The fourth-order valence-corrected chi connectivity index (χ4v) is 5.13. The van der Waals surface area contributed by atoms with E-state index in [0.717, 1.165) is 28.2 Å². The van der Waals surface area contributed by atoms with Crippen LogP contribution in [0.5, 0.6) is 0 Å². The molecule has 0 radical (unpaired) electrons. The molecule has 0 spiro atoms. The minimum Gasteiger partial charge on any atom is -0.357 e. The summed E-state index contributed by atoms with van der Waals surface area (Å²) in [5.74, 6) is -0.678. The molecule has 1 heterocycles. The third-order valence-electron chi connectivity index (χ3n) is 6.80. The molecule has 2 atom stereocenters. The highest BCUT2D eigenvalue weighted by atomic mass is 19.1. The number of Topliss-reactive ketones (excluding diaryl/α,β-unsaturated/α-hetero) is 1. The predicted octanol–water partition coefficient (Wildman–Crippen LogP) is 6.44. The van der Waals surface area contributed by atoms with Crippen molar-refractivity contribution in [3.8, 4) is 0 Å². The second kappa shape index (κ2) is 8.90. The van der Waals surface area contributed by atoms with E-state index in [4.69, 9.17) is 0 Å². The summed E-state index contributed by atoms with van der Waals surface area (Å²) in [7, 11) is 0. The zero-order valence-electron chi connectivity index (χ0n) is 19.3. The molecule has 1 aliphatic carbocycles. The van der Waals surface area contributed by atoms with E-state index in [1.165, 1.54) is 6.07 Å². The Kier molecular flexibility index (Phi) is 5.78.